The summed E-state index contributed by atoms with van der Waals surface area (Å²) in [5.41, 5.74) is 0.879. The van der Waals surface area contributed by atoms with Gasteiger partial charge in [0, 0.05) is 12.0 Å². The molecule has 1 aromatic carbocycles. The first-order valence-electron chi connectivity index (χ1n) is 8.52. The molecule has 1 atom stereocenters. The number of alkyl carbamates (subject to hydrolysis) is 1. The number of ether oxygens (including phenoxy) is 2. The molecule has 0 bridgehead atoms. The molecule has 0 radical (unpaired) electrons. The summed E-state index contributed by atoms with van der Waals surface area (Å²) in [5, 5.41) is 16.0. The van der Waals surface area contributed by atoms with Gasteiger partial charge >= 0.3 is 13.2 Å². The summed E-state index contributed by atoms with van der Waals surface area (Å²) in [5.74, 6) is 0.612. The molecule has 1 aromatic rings. The molecule has 138 valence electrons. The highest BCUT2D eigenvalue weighted by atomic mass is 16.6. The van der Waals surface area contributed by atoms with Gasteiger partial charge in [-0.15, -0.1) is 0 Å². The Balaban J connectivity index is 1.99. The SMILES string of the molecule is CNCCCOc1cccc2c1B(O)O[C@@H]2CNC(=O)OC(C)(C)C. The molecule has 0 spiro atoms. The smallest absolute Gasteiger partial charge is 0.494 e. The Morgan fingerprint density at radius 2 is 2.16 bits per heavy atom. The van der Waals surface area contributed by atoms with Crippen molar-refractivity contribution in [2.45, 2.75) is 38.9 Å². The van der Waals surface area contributed by atoms with Crippen LogP contribution in [0, 0.1) is 0 Å². The number of nitrogens with one attached hydrogen (secondary N) is 2. The second-order valence-electron chi connectivity index (χ2n) is 6.92. The molecular formula is C17H27BN2O5. The molecule has 1 heterocycles. The molecule has 0 aliphatic carbocycles. The van der Waals surface area contributed by atoms with E-state index in [4.69, 9.17) is 14.1 Å². The molecule has 8 heteroatoms. The second-order valence-corrected chi connectivity index (χ2v) is 6.92. The number of benzene rings is 1. The molecule has 1 amide bonds. The van der Waals surface area contributed by atoms with Crippen molar-refractivity contribution in [2.24, 2.45) is 0 Å². The van der Waals surface area contributed by atoms with Crippen molar-refractivity contribution >= 4 is 18.7 Å². The number of rotatable bonds is 7. The van der Waals surface area contributed by atoms with E-state index in [2.05, 4.69) is 10.6 Å². The van der Waals surface area contributed by atoms with Crippen LogP contribution in [0.5, 0.6) is 5.75 Å². The average Bonchev–Trinajstić information content (AvgIpc) is 2.85. The first-order chi connectivity index (χ1) is 11.8. The fraction of sp³-hybridized carbons (Fsp3) is 0.588. The van der Waals surface area contributed by atoms with Crippen LogP contribution in [-0.4, -0.2) is 50.6 Å². The van der Waals surface area contributed by atoms with Crippen LogP contribution in [-0.2, 0) is 9.39 Å². The van der Waals surface area contributed by atoms with Crippen LogP contribution >= 0.6 is 0 Å². The quantitative estimate of drug-likeness (QED) is 0.501. The van der Waals surface area contributed by atoms with Gasteiger partial charge in [0.25, 0.3) is 0 Å². The summed E-state index contributed by atoms with van der Waals surface area (Å²) < 4.78 is 16.6. The van der Waals surface area contributed by atoms with Gasteiger partial charge in [-0.1, -0.05) is 12.1 Å². The number of fused-ring (bicyclic) bond motifs is 1. The largest absolute Gasteiger partial charge is 0.495 e. The van der Waals surface area contributed by atoms with Gasteiger partial charge in [0.15, 0.2) is 0 Å². The van der Waals surface area contributed by atoms with E-state index in [1.807, 2.05) is 25.2 Å². The lowest BCUT2D eigenvalue weighted by atomic mass is 9.78. The van der Waals surface area contributed by atoms with Crippen LogP contribution in [0.3, 0.4) is 0 Å². The second kappa shape index (κ2) is 8.55. The lowest BCUT2D eigenvalue weighted by Crippen LogP contribution is -2.35. The van der Waals surface area contributed by atoms with E-state index in [0.717, 1.165) is 18.5 Å². The molecule has 1 aliphatic rings. The first kappa shape index (κ1) is 19.6. The molecule has 7 nitrogen and oxygen atoms in total. The average molecular weight is 350 g/mol. The highest BCUT2D eigenvalue weighted by Gasteiger charge is 2.38. The maximum atomic E-state index is 11.8. The Kier molecular flexibility index (Phi) is 6.69. The van der Waals surface area contributed by atoms with Crippen molar-refractivity contribution in [2.75, 3.05) is 26.7 Å². The topological polar surface area (TPSA) is 89.0 Å². The third-order valence-corrected chi connectivity index (χ3v) is 3.65. The number of carbonyl (C=O) groups is 1. The van der Waals surface area contributed by atoms with Gasteiger partial charge in [-0.25, -0.2) is 4.79 Å². The fourth-order valence-electron chi connectivity index (χ4n) is 2.61. The van der Waals surface area contributed by atoms with E-state index in [0.29, 0.717) is 17.8 Å². The molecule has 0 saturated carbocycles. The van der Waals surface area contributed by atoms with E-state index < -0.39 is 24.9 Å². The summed E-state index contributed by atoms with van der Waals surface area (Å²) in [6.07, 6.45) is -0.0994. The third-order valence-electron chi connectivity index (χ3n) is 3.65. The predicted molar refractivity (Wildman–Crippen MR) is 96.2 cm³/mol. The maximum Gasteiger partial charge on any atom is 0.495 e. The van der Waals surface area contributed by atoms with Gasteiger partial charge in [0.1, 0.15) is 11.4 Å². The van der Waals surface area contributed by atoms with Crippen LogP contribution in [0.1, 0.15) is 38.9 Å². The van der Waals surface area contributed by atoms with Crippen molar-refractivity contribution in [3.05, 3.63) is 23.8 Å². The molecule has 25 heavy (non-hydrogen) atoms. The molecule has 3 N–H and O–H groups in total. The number of amides is 1. The molecule has 0 unspecified atom stereocenters. The van der Waals surface area contributed by atoms with Crippen molar-refractivity contribution in [1.82, 2.24) is 10.6 Å². The Bertz CT molecular complexity index is 591. The van der Waals surface area contributed by atoms with Gasteiger partial charge in [0.2, 0.25) is 0 Å². The molecular weight excluding hydrogens is 323 g/mol. The van der Waals surface area contributed by atoms with E-state index in [9.17, 15) is 9.82 Å². The van der Waals surface area contributed by atoms with Gasteiger partial charge in [-0.05, 0) is 52.4 Å². The Morgan fingerprint density at radius 3 is 2.84 bits per heavy atom. The zero-order valence-corrected chi connectivity index (χ0v) is 15.3. The van der Waals surface area contributed by atoms with Crippen LogP contribution < -0.4 is 20.8 Å². The first-order valence-corrected chi connectivity index (χ1v) is 8.52. The van der Waals surface area contributed by atoms with E-state index >= 15 is 0 Å². The van der Waals surface area contributed by atoms with Crippen LogP contribution in [0.2, 0.25) is 0 Å². The summed E-state index contributed by atoms with van der Waals surface area (Å²) in [6.45, 7) is 7.02. The highest BCUT2D eigenvalue weighted by Crippen LogP contribution is 2.27. The van der Waals surface area contributed by atoms with Crippen molar-refractivity contribution < 1.29 is 23.9 Å². The van der Waals surface area contributed by atoms with Crippen LogP contribution in [0.25, 0.3) is 0 Å². The van der Waals surface area contributed by atoms with Gasteiger partial charge in [-0.2, -0.15) is 0 Å². The summed E-state index contributed by atoms with van der Waals surface area (Å²) in [7, 11) is 0.820. The monoisotopic (exact) mass is 350 g/mol. The number of hydrogen-bond donors (Lipinski definition) is 3. The Labute approximate surface area is 149 Å². The third kappa shape index (κ3) is 5.62. The van der Waals surface area contributed by atoms with Crippen LogP contribution in [0.15, 0.2) is 18.2 Å². The lowest BCUT2D eigenvalue weighted by Gasteiger charge is -2.21. The standard InChI is InChI=1S/C17H27BN2O5/c1-17(2,3)24-16(21)20-11-14-12-7-5-8-13(15(12)18(22)25-14)23-10-6-9-19-4/h5,7-8,14,19,22H,6,9-11H2,1-4H3,(H,20,21)/t14-/m1/s1. The zero-order chi connectivity index (χ0) is 18.4. The minimum atomic E-state index is -1.07. The summed E-state index contributed by atoms with van der Waals surface area (Å²) in [6, 6.07) is 5.54. The molecule has 0 fully saturated rings. The maximum absolute atomic E-state index is 11.8. The van der Waals surface area contributed by atoms with Crippen LogP contribution in [0.4, 0.5) is 4.79 Å². The normalized spacial score (nSPS) is 16.5. The van der Waals surface area contributed by atoms with Crippen molar-refractivity contribution in [3.8, 4) is 5.75 Å². The minimum absolute atomic E-state index is 0.210. The van der Waals surface area contributed by atoms with Gasteiger partial charge in [0.05, 0.1) is 12.7 Å². The highest BCUT2D eigenvalue weighted by molar-refractivity contribution is 6.62. The van der Waals surface area contributed by atoms with Crippen molar-refractivity contribution in [1.29, 1.82) is 0 Å². The van der Waals surface area contributed by atoms with E-state index in [1.165, 1.54) is 0 Å². The zero-order valence-electron chi connectivity index (χ0n) is 15.3. The Hall–Kier alpha value is -1.77. The molecule has 0 saturated heterocycles. The summed E-state index contributed by atoms with van der Waals surface area (Å²) in [4.78, 5) is 11.8. The fourth-order valence-corrected chi connectivity index (χ4v) is 2.61. The molecule has 1 aliphatic heterocycles. The summed E-state index contributed by atoms with van der Waals surface area (Å²) >= 11 is 0. The van der Waals surface area contributed by atoms with E-state index in [-0.39, 0.29) is 6.54 Å². The van der Waals surface area contributed by atoms with Gasteiger partial charge in [-0.3, -0.25) is 0 Å². The Morgan fingerprint density at radius 1 is 1.40 bits per heavy atom. The van der Waals surface area contributed by atoms with E-state index in [1.54, 1.807) is 20.8 Å². The number of hydrogen-bond acceptors (Lipinski definition) is 6. The van der Waals surface area contributed by atoms with Crippen molar-refractivity contribution in [3.63, 3.8) is 0 Å². The minimum Gasteiger partial charge on any atom is -0.494 e. The molecule has 0 aromatic heterocycles. The molecule has 2 rings (SSSR count). The predicted octanol–water partition coefficient (Wildman–Crippen LogP) is 0.958. The number of carbonyl (C=O) groups excluding carboxylic acids is 1. The lowest BCUT2D eigenvalue weighted by molar-refractivity contribution is 0.0498. The van der Waals surface area contributed by atoms with Gasteiger partial charge < -0.3 is 29.8 Å².